The summed E-state index contributed by atoms with van der Waals surface area (Å²) >= 11 is 5.80. The summed E-state index contributed by atoms with van der Waals surface area (Å²) < 4.78 is 30.4. The lowest BCUT2D eigenvalue weighted by Crippen LogP contribution is -2.07. The summed E-state index contributed by atoms with van der Waals surface area (Å²) in [4.78, 5) is 0. The van der Waals surface area contributed by atoms with Crippen LogP contribution < -0.4 is 0 Å². The standard InChI is InChI=1S/C9H13ClF2N2O/c1-2-3-15-6-8-7(10)4-14(13-8)5-9(11)12/h4,9H,2-3,5-6H2,1H3. The number of aromatic nitrogens is 2. The molecule has 1 aromatic rings. The van der Waals surface area contributed by atoms with Crippen LogP contribution in [0.15, 0.2) is 6.20 Å². The Hall–Kier alpha value is -0.680. The Kier molecular flexibility index (Phi) is 4.98. The molecule has 6 heteroatoms. The molecule has 15 heavy (non-hydrogen) atoms. The van der Waals surface area contributed by atoms with Crippen molar-refractivity contribution < 1.29 is 13.5 Å². The molecule has 0 aliphatic heterocycles. The lowest BCUT2D eigenvalue weighted by atomic mass is 10.4. The fraction of sp³-hybridized carbons (Fsp3) is 0.667. The molecule has 0 amide bonds. The maximum Gasteiger partial charge on any atom is 0.257 e. The Morgan fingerprint density at radius 1 is 1.60 bits per heavy atom. The highest BCUT2D eigenvalue weighted by atomic mass is 35.5. The van der Waals surface area contributed by atoms with Crippen molar-refractivity contribution in [3.05, 3.63) is 16.9 Å². The quantitative estimate of drug-likeness (QED) is 0.713. The first-order valence-corrected chi connectivity index (χ1v) is 5.09. The molecule has 0 spiro atoms. The van der Waals surface area contributed by atoms with Crippen LogP contribution in [-0.4, -0.2) is 22.8 Å². The van der Waals surface area contributed by atoms with Crippen LogP contribution in [-0.2, 0) is 17.9 Å². The molecule has 0 bridgehead atoms. The molecule has 1 aromatic heterocycles. The number of hydrogen-bond acceptors (Lipinski definition) is 2. The second-order valence-corrected chi connectivity index (χ2v) is 3.50. The average molecular weight is 239 g/mol. The van der Waals surface area contributed by atoms with Crippen LogP contribution in [0, 0.1) is 0 Å². The van der Waals surface area contributed by atoms with E-state index in [9.17, 15) is 8.78 Å². The molecule has 0 atom stereocenters. The van der Waals surface area contributed by atoms with E-state index in [2.05, 4.69) is 5.10 Å². The second-order valence-electron chi connectivity index (χ2n) is 3.09. The zero-order valence-electron chi connectivity index (χ0n) is 8.42. The van der Waals surface area contributed by atoms with Crippen molar-refractivity contribution in [2.45, 2.75) is 32.9 Å². The van der Waals surface area contributed by atoms with Gasteiger partial charge in [-0.2, -0.15) is 5.10 Å². The zero-order chi connectivity index (χ0) is 11.3. The van der Waals surface area contributed by atoms with Crippen molar-refractivity contribution in [3.63, 3.8) is 0 Å². The van der Waals surface area contributed by atoms with E-state index in [1.807, 2.05) is 6.92 Å². The van der Waals surface area contributed by atoms with Crippen molar-refractivity contribution in [3.8, 4) is 0 Å². The fourth-order valence-electron chi connectivity index (χ4n) is 1.08. The van der Waals surface area contributed by atoms with Gasteiger partial charge in [-0.1, -0.05) is 18.5 Å². The maximum atomic E-state index is 12.0. The molecule has 0 aliphatic carbocycles. The Morgan fingerprint density at radius 2 is 2.33 bits per heavy atom. The molecule has 3 nitrogen and oxygen atoms in total. The number of hydrogen-bond donors (Lipinski definition) is 0. The SMILES string of the molecule is CCCOCc1nn(CC(F)F)cc1Cl. The molecular formula is C9H13ClF2N2O. The second kappa shape index (κ2) is 6.02. The predicted octanol–water partition coefficient (Wildman–Crippen LogP) is 2.73. The smallest absolute Gasteiger partial charge is 0.257 e. The van der Waals surface area contributed by atoms with E-state index in [0.29, 0.717) is 17.3 Å². The minimum Gasteiger partial charge on any atom is -0.375 e. The molecule has 0 radical (unpaired) electrons. The summed E-state index contributed by atoms with van der Waals surface area (Å²) in [5.74, 6) is 0. The first-order valence-electron chi connectivity index (χ1n) is 4.71. The molecule has 0 aromatic carbocycles. The van der Waals surface area contributed by atoms with Gasteiger partial charge in [-0.25, -0.2) is 8.78 Å². The van der Waals surface area contributed by atoms with Gasteiger partial charge in [-0.3, -0.25) is 4.68 Å². The predicted molar refractivity (Wildman–Crippen MR) is 53.2 cm³/mol. The summed E-state index contributed by atoms with van der Waals surface area (Å²) in [5.41, 5.74) is 0.505. The molecular weight excluding hydrogens is 226 g/mol. The molecule has 86 valence electrons. The highest BCUT2D eigenvalue weighted by Gasteiger charge is 2.10. The highest BCUT2D eigenvalue weighted by molar-refractivity contribution is 6.31. The van der Waals surface area contributed by atoms with E-state index in [1.54, 1.807) is 0 Å². The minimum atomic E-state index is -2.43. The average Bonchev–Trinajstić information content (AvgIpc) is 2.46. The van der Waals surface area contributed by atoms with E-state index in [-0.39, 0.29) is 6.61 Å². The van der Waals surface area contributed by atoms with Gasteiger partial charge in [0.2, 0.25) is 0 Å². The van der Waals surface area contributed by atoms with Gasteiger partial charge in [0.25, 0.3) is 6.43 Å². The van der Waals surface area contributed by atoms with Gasteiger partial charge in [-0.15, -0.1) is 0 Å². The Bertz CT molecular complexity index is 304. The lowest BCUT2D eigenvalue weighted by molar-refractivity contribution is 0.112. The third-order valence-electron chi connectivity index (χ3n) is 1.70. The Labute approximate surface area is 92.0 Å². The summed E-state index contributed by atoms with van der Waals surface area (Å²) in [7, 11) is 0. The van der Waals surface area contributed by atoms with Crippen LogP contribution in [0.25, 0.3) is 0 Å². The highest BCUT2D eigenvalue weighted by Crippen LogP contribution is 2.15. The van der Waals surface area contributed by atoms with Crippen molar-refractivity contribution in [1.82, 2.24) is 9.78 Å². The van der Waals surface area contributed by atoms with Gasteiger partial charge in [0.05, 0.1) is 11.6 Å². The van der Waals surface area contributed by atoms with E-state index < -0.39 is 13.0 Å². The number of ether oxygens (including phenoxy) is 1. The zero-order valence-corrected chi connectivity index (χ0v) is 9.18. The van der Waals surface area contributed by atoms with Crippen LogP contribution in [0.3, 0.4) is 0 Å². The van der Waals surface area contributed by atoms with E-state index in [4.69, 9.17) is 16.3 Å². The molecule has 1 rings (SSSR count). The number of halogens is 3. The van der Waals surface area contributed by atoms with Gasteiger partial charge < -0.3 is 4.74 Å². The number of alkyl halides is 2. The van der Waals surface area contributed by atoms with Gasteiger partial charge in [0.15, 0.2) is 0 Å². The summed E-state index contributed by atoms with van der Waals surface area (Å²) in [6, 6.07) is 0. The first kappa shape index (κ1) is 12.4. The van der Waals surface area contributed by atoms with Crippen LogP contribution >= 0.6 is 11.6 Å². The molecule has 0 N–H and O–H groups in total. The van der Waals surface area contributed by atoms with Gasteiger partial charge in [-0.05, 0) is 6.42 Å². The fourth-order valence-corrected chi connectivity index (χ4v) is 1.29. The van der Waals surface area contributed by atoms with Gasteiger partial charge in [0.1, 0.15) is 12.2 Å². The van der Waals surface area contributed by atoms with Crippen LogP contribution in [0.2, 0.25) is 5.02 Å². The molecule has 0 aliphatic rings. The third kappa shape index (κ3) is 4.13. The molecule has 0 saturated heterocycles. The van der Waals surface area contributed by atoms with E-state index in [0.717, 1.165) is 11.1 Å². The van der Waals surface area contributed by atoms with Crippen molar-refractivity contribution in [2.75, 3.05) is 6.61 Å². The minimum absolute atomic E-state index is 0.267. The monoisotopic (exact) mass is 238 g/mol. The molecule has 0 saturated carbocycles. The van der Waals surface area contributed by atoms with Crippen LogP contribution in [0.4, 0.5) is 8.78 Å². The van der Waals surface area contributed by atoms with Crippen molar-refractivity contribution in [2.24, 2.45) is 0 Å². The maximum absolute atomic E-state index is 12.0. The Morgan fingerprint density at radius 3 is 2.93 bits per heavy atom. The molecule has 0 unspecified atom stereocenters. The third-order valence-corrected chi connectivity index (χ3v) is 2.02. The number of nitrogens with zero attached hydrogens (tertiary/aromatic N) is 2. The summed E-state index contributed by atoms with van der Waals surface area (Å²) in [5, 5.41) is 4.27. The molecule has 0 fully saturated rings. The topological polar surface area (TPSA) is 27.1 Å². The summed E-state index contributed by atoms with van der Waals surface area (Å²) in [6.07, 6.45) is -0.140. The normalized spacial score (nSPS) is 11.3. The first-order chi connectivity index (χ1) is 7.13. The lowest BCUT2D eigenvalue weighted by Gasteiger charge is -2.00. The van der Waals surface area contributed by atoms with E-state index >= 15 is 0 Å². The van der Waals surface area contributed by atoms with Crippen LogP contribution in [0.5, 0.6) is 0 Å². The van der Waals surface area contributed by atoms with Crippen molar-refractivity contribution >= 4 is 11.6 Å². The van der Waals surface area contributed by atoms with Gasteiger partial charge >= 0.3 is 0 Å². The van der Waals surface area contributed by atoms with Crippen molar-refractivity contribution in [1.29, 1.82) is 0 Å². The largest absolute Gasteiger partial charge is 0.375 e. The number of rotatable bonds is 6. The Balaban J connectivity index is 2.53. The van der Waals surface area contributed by atoms with Crippen LogP contribution in [0.1, 0.15) is 19.0 Å². The van der Waals surface area contributed by atoms with Gasteiger partial charge in [0, 0.05) is 12.8 Å². The summed E-state index contributed by atoms with van der Waals surface area (Å²) in [6.45, 7) is 2.42. The van der Waals surface area contributed by atoms with E-state index in [1.165, 1.54) is 6.20 Å². The molecule has 1 heterocycles.